The molecular weight excluding hydrogens is 779 g/mol. The Morgan fingerprint density at radius 2 is 0.984 bits per heavy atom. The lowest BCUT2D eigenvalue weighted by atomic mass is 10.0. The zero-order chi connectivity index (χ0) is 40.5. The summed E-state index contributed by atoms with van der Waals surface area (Å²) in [6.45, 7) is 0. The summed E-state index contributed by atoms with van der Waals surface area (Å²) < 4.78 is 13.9. The van der Waals surface area contributed by atoms with Crippen LogP contribution in [0.25, 0.3) is 131 Å². The summed E-state index contributed by atoms with van der Waals surface area (Å²) in [5.41, 5.74) is 8.65. The summed E-state index contributed by atoms with van der Waals surface area (Å²) in [5.74, 6) is 1.74. The van der Waals surface area contributed by atoms with Crippen molar-refractivity contribution in [1.82, 2.24) is 24.1 Å². The highest BCUT2D eigenvalue weighted by molar-refractivity contribution is 7.26. The Bertz CT molecular complexity index is 4130. The van der Waals surface area contributed by atoms with Crippen molar-refractivity contribution in [3.63, 3.8) is 0 Å². The number of thiophene rings is 1. The summed E-state index contributed by atoms with van der Waals surface area (Å²) in [7, 11) is 0. The third kappa shape index (κ3) is 4.71. The zero-order valence-corrected chi connectivity index (χ0v) is 33.8. The summed E-state index contributed by atoms with van der Waals surface area (Å²) >= 11 is 1.78. The van der Waals surface area contributed by atoms with Gasteiger partial charge in [-0.25, -0.2) is 4.98 Å². The summed E-state index contributed by atoms with van der Waals surface area (Å²) in [4.78, 5) is 16.3. The lowest BCUT2D eigenvalue weighted by Gasteiger charge is -2.14. The van der Waals surface area contributed by atoms with E-state index < -0.39 is 0 Å². The monoisotopic (exact) mass is 809 g/mol. The van der Waals surface area contributed by atoms with Crippen molar-refractivity contribution in [3.8, 4) is 34.4 Å². The maximum atomic E-state index is 6.98. The molecule has 6 nitrogen and oxygen atoms in total. The van der Waals surface area contributed by atoms with Crippen molar-refractivity contribution in [2.24, 2.45) is 0 Å². The van der Waals surface area contributed by atoms with Gasteiger partial charge in [-0.15, -0.1) is 11.3 Å². The molecule has 0 saturated heterocycles. The van der Waals surface area contributed by atoms with Crippen molar-refractivity contribution < 1.29 is 4.42 Å². The molecule has 288 valence electrons. The van der Waals surface area contributed by atoms with E-state index in [2.05, 4.69) is 185 Å². The highest BCUT2D eigenvalue weighted by atomic mass is 32.1. The number of para-hydroxylation sites is 4. The maximum Gasteiger partial charge on any atom is 0.238 e. The van der Waals surface area contributed by atoms with Crippen LogP contribution in [-0.2, 0) is 0 Å². The number of rotatable bonds is 4. The number of nitrogens with zero attached hydrogens (tertiary/aromatic N) is 5. The number of hydrogen-bond acceptors (Lipinski definition) is 5. The first-order chi connectivity index (χ1) is 30.7. The van der Waals surface area contributed by atoms with E-state index in [9.17, 15) is 0 Å². The molecule has 0 aliphatic heterocycles. The first-order valence-electron chi connectivity index (χ1n) is 20.8. The zero-order valence-electron chi connectivity index (χ0n) is 33.0. The van der Waals surface area contributed by atoms with Crippen molar-refractivity contribution in [2.75, 3.05) is 0 Å². The molecular formula is C55H31N5OS. The van der Waals surface area contributed by atoms with Crippen LogP contribution >= 0.6 is 11.3 Å². The molecule has 0 aliphatic rings. The third-order valence-electron chi connectivity index (χ3n) is 12.6. The second kappa shape index (κ2) is 12.7. The molecule has 0 spiro atoms. The number of furan rings is 1. The van der Waals surface area contributed by atoms with Crippen molar-refractivity contribution in [2.45, 2.75) is 0 Å². The first kappa shape index (κ1) is 33.7. The van der Waals surface area contributed by atoms with Crippen LogP contribution in [0.1, 0.15) is 0 Å². The highest BCUT2D eigenvalue weighted by Gasteiger charge is 2.25. The van der Waals surface area contributed by atoms with E-state index in [-0.39, 0.29) is 0 Å². The van der Waals surface area contributed by atoms with Crippen molar-refractivity contribution in [1.29, 1.82) is 0 Å². The number of benzene rings is 9. The molecule has 14 aromatic rings. The molecule has 0 radical (unpaired) electrons. The quantitative estimate of drug-likeness (QED) is 0.178. The number of hydrogen-bond donors (Lipinski definition) is 0. The normalized spacial score (nSPS) is 12.2. The summed E-state index contributed by atoms with van der Waals surface area (Å²) in [5, 5.41) is 11.4. The fourth-order valence-corrected chi connectivity index (χ4v) is 11.1. The SMILES string of the molecule is c1ccc2cc3c(cc2c1)c1ccccc1n3-c1ccc(-c2nc(-c3cccc4c3sc3ccccc34)nc(-n3c4ccccc4c4ccccc43)n2)c2c1oc1ccccc12. The second-order valence-corrected chi connectivity index (χ2v) is 17.0. The minimum atomic E-state index is 0.555. The van der Waals surface area contributed by atoms with Crippen LogP contribution in [0.5, 0.6) is 0 Å². The largest absolute Gasteiger partial charge is 0.454 e. The minimum Gasteiger partial charge on any atom is -0.454 e. The van der Waals surface area contributed by atoms with Gasteiger partial charge in [0.25, 0.3) is 0 Å². The van der Waals surface area contributed by atoms with E-state index in [1.807, 2.05) is 12.1 Å². The van der Waals surface area contributed by atoms with Crippen LogP contribution < -0.4 is 0 Å². The minimum absolute atomic E-state index is 0.555. The molecule has 14 rings (SSSR count). The molecule has 62 heavy (non-hydrogen) atoms. The van der Waals surface area contributed by atoms with Gasteiger partial charge in [0.1, 0.15) is 5.58 Å². The van der Waals surface area contributed by atoms with Gasteiger partial charge in [-0.3, -0.25) is 4.57 Å². The summed E-state index contributed by atoms with van der Waals surface area (Å²) in [6, 6.07) is 66.5. The molecule has 0 unspecified atom stereocenters. The fraction of sp³-hybridized carbons (Fsp3) is 0. The van der Waals surface area contributed by atoms with Crippen molar-refractivity contribution in [3.05, 3.63) is 188 Å². The van der Waals surface area contributed by atoms with Crippen LogP contribution in [0.15, 0.2) is 192 Å². The lowest BCUT2D eigenvalue weighted by Crippen LogP contribution is -2.06. The Kier molecular flexibility index (Phi) is 6.89. The van der Waals surface area contributed by atoms with E-state index in [1.165, 1.54) is 37.0 Å². The molecule has 0 saturated carbocycles. The Labute approximate surface area is 357 Å². The molecule has 0 N–H and O–H groups in total. The van der Waals surface area contributed by atoms with Crippen LogP contribution in [0, 0.1) is 0 Å². The van der Waals surface area contributed by atoms with E-state index in [0.29, 0.717) is 17.6 Å². The van der Waals surface area contributed by atoms with Gasteiger partial charge in [-0.2, -0.15) is 9.97 Å². The van der Waals surface area contributed by atoms with Gasteiger partial charge in [0.05, 0.1) is 27.8 Å². The highest BCUT2D eigenvalue weighted by Crippen LogP contribution is 2.44. The van der Waals surface area contributed by atoms with Gasteiger partial charge >= 0.3 is 0 Å². The van der Waals surface area contributed by atoms with Crippen LogP contribution in [-0.4, -0.2) is 24.1 Å². The fourth-order valence-electron chi connectivity index (χ4n) is 9.86. The molecule has 0 fully saturated rings. The van der Waals surface area contributed by atoms with Gasteiger partial charge in [0.2, 0.25) is 5.95 Å². The standard InChI is InChI=1S/C55H31N5OS/c1-2-15-33-31-47-42(30-32(33)14-1)36-18-5-8-23-43(36)59(47)46-29-28-40(50-39-20-6-11-26-48(39)61-51(46)50)53-56-54(41-22-13-21-38-37-19-7-12-27-49(37)62-52(38)41)58-55(57-53)60-44-24-9-3-16-34(44)35-17-4-10-25-45(35)60/h1-31H. The molecule has 0 amide bonds. The van der Waals surface area contributed by atoms with E-state index >= 15 is 0 Å². The van der Waals surface area contributed by atoms with Gasteiger partial charge in [0.15, 0.2) is 17.2 Å². The van der Waals surface area contributed by atoms with Crippen LogP contribution in [0.2, 0.25) is 0 Å². The maximum absolute atomic E-state index is 6.98. The Hall–Kier alpha value is -8.13. The predicted octanol–water partition coefficient (Wildman–Crippen LogP) is 14.8. The van der Waals surface area contributed by atoms with Gasteiger partial charge in [0, 0.05) is 63.6 Å². The smallest absolute Gasteiger partial charge is 0.238 e. The average molecular weight is 810 g/mol. The van der Waals surface area contributed by atoms with Crippen LogP contribution in [0.3, 0.4) is 0 Å². The lowest BCUT2D eigenvalue weighted by molar-refractivity contribution is 0.666. The van der Waals surface area contributed by atoms with E-state index in [1.54, 1.807) is 11.3 Å². The topological polar surface area (TPSA) is 61.7 Å². The number of fused-ring (bicyclic) bond motifs is 13. The second-order valence-electron chi connectivity index (χ2n) is 15.9. The Morgan fingerprint density at radius 3 is 1.74 bits per heavy atom. The summed E-state index contributed by atoms with van der Waals surface area (Å²) in [6.07, 6.45) is 0. The van der Waals surface area contributed by atoms with E-state index in [0.717, 1.165) is 76.3 Å². The molecule has 0 aliphatic carbocycles. The molecule has 5 aromatic heterocycles. The molecule has 7 heteroatoms. The van der Waals surface area contributed by atoms with E-state index in [4.69, 9.17) is 19.4 Å². The Balaban J connectivity index is 1.09. The van der Waals surface area contributed by atoms with Gasteiger partial charge in [-0.1, -0.05) is 127 Å². The molecule has 0 bridgehead atoms. The van der Waals surface area contributed by atoms with Crippen LogP contribution in [0.4, 0.5) is 0 Å². The van der Waals surface area contributed by atoms with Gasteiger partial charge < -0.3 is 8.98 Å². The number of aromatic nitrogens is 5. The molecule has 9 aromatic carbocycles. The predicted molar refractivity (Wildman–Crippen MR) is 257 cm³/mol. The molecule has 5 heterocycles. The van der Waals surface area contributed by atoms with Gasteiger partial charge in [-0.05, 0) is 71.4 Å². The van der Waals surface area contributed by atoms with Crippen molar-refractivity contribution >= 4 is 108 Å². The molecule has 0 atom stereocenters. The average Bonchev–Trinajstić information content (AvgIpc) is 4.08. The Morgan fingerprint density at radius 1 is 0.403 bits per heavy atom. The first-order valence-corrected chi connectivity index (χ1v) is 21.6. The third-order valence-corrected chi connectivity index (χ3v) is 13.8.